The van der Waals surface area contributed by atoms with Gasteiger partial charge in [0.1, 0.15) is 12.4 Å². The standard InChI is InChI=1S/C17H28N2O/c1-3-10-18-15(2)7-6-11-19-12-13-20-17-9-5-4-8-16(17)14-19/h4-5,8-9,15,18H,3,6-7,10-14H2,1-2H3. The molecule has 0 aliphatic carbocycles. The van der Waals surface area contributed by atoms with Gasteiger partial charge in [0.05, 0.1) is 0 Å². The average Bonchev–Trinajstić information content (AvgIpc) is 2.67. The summed E-state index contributed by atoms with van der Waals surface area (Å²) in [6.07, 6.45) is 3.71. The lowest BCUT2D eigenvalue weighted by Crippen LogP contribution is -2.30. The highest BCUT2D eigenvalue weighted by molar-refractivity contribution is 5.33. The van der Waals surface area contributed by atoms with Gasteiger partial charge in [0.2, 0.25) is 0 Å². The van der Waals surface area contributed by atoms with Crippen LogP contribution >= 0.6 is 0 Å². The van der Waals surface area contributed by atoms with E-state index in [4.69, 9.17) is 4.74 Å². The van der Waals surface area contributed by atoms with Crippen LogP contribution in [0.5, 0.6) is 5.75 Å². The second kappa shape index (κ2) is 8.28. The molecular weight excluding hydrogens is 248 g/mol. The van der Waals surface area contributed by atoms with E-state index in [0.29, 0.717) is 6.04 Å². The summed E-state index contributed by atoms with van der Waals surface area (Å²) in [7, 11) is 0. The van der Waals surface area contributed by atoms with Crippen LogP contribution in [-0.2, 0) is 6.54 Å². The van der Waals surface area contributed by atoms with Gasteiger partial charge >= 0.3 is 0 Å². The van der Waals surface area contributed by atoms with Gasteiger partial charge in [-0.1, -0.05) is 25.1 Å². The summed E-state index contributed by atoms with van der Waals surface area (Å²) in [5.74, 6) is 1.06. The number of hydrogen-bond acceptors (Lipinski definition) is 3. The van der Waals surface area contributed by atoms with E-state index in [9.17, 15) is 0 Å². The molecule has 0 radical (unpaired) electrons. The lowest BCUT2D eigenvalue weighted by Gasteiger charge is -2.20. The predicted molar refractivity (Wildman–Crippen MR) is 84.2 cm³/mol. The van der Waals surface area contributed by atoms with Gasteiger partial charge in [0.25, 0.3) is 0 Å². The fourth-order valence-electron chi connectivity index (χ4n) is 2.68. The van der Waals surface area contributed by atoms with Gasteiger partial charge in [0, 0.05) is 24.7 Å². The summed E-state index contributed by atoms with van der Waals surface area (Å²) in [6, 6.07) is 9.04. The van der Waals surface area contributed by atoms with Crippen LogP contribution < -0.4 is 10.1 Å². The van der Waals surface area contributed by atoms with Crippen LogP contribution in [0.1, 0.15) is 38.7 Å². The minimum Gasteiger partial charge on any atom is -0.492 e. The normalized spacial score (nSPS) is 17.1. The van der Waals surface area contributed by atoms with Crippen molar-refractivity contribution in [3.8, 4) is 5.75 Å². The van der Waals surface area contributed by atoms with Crippen LogP contribution in [0, 0.1) is 0 Å². The number of fused-ring (bicyclic) bond motifs is 1. The number of benzene rings is 1. The first-order chi connectivity index (χ1) is 9.79. The highest BCUT2D eigenvalue weighted by Crippen LogP contribution is 2.22. The fourth-order valence-corrected chi connectivity index (χ4v) is 2.68. The van der Waals surface area contributed by atoms with Crippen molar-refractivity contribution in [1.29, 1.82) is 0 Å². The first-order valence-electron chi connectivity index (χ1n) is 7.96. The quantitative estimate of drug-likeness (QED) is 0.828. The average molecular weight is 276 g/mol. The van der Waals surface area contributed by atoms with Crippen molar-refractivity contribution in [2.45, 2.75) is 45.7 Å². The molecular formula is C17H28N2O. The molecule has 0 fully saturated rings. The second-order valence-electron chi connectivity index (χ2n) is 5.73. The summed E-state index contributed by atoms with van der Waals surface area (Å²) >= 11 is 0. The van der Waals surface area contributed by atoms with E-state index in [1.54, 1.807) is 0 Å². The van der Waals surface area contributed by atoms with E-state index in [1.165, 1.54) is 24.8 Å². The first-order valence-corrected chi connectivity index (χ1v) is 7.96. The van der Waals surface area contributed by atoms with Crippen LogP contribution in [0.3, 0.4) is 0 Å². The minimum absolute atomic E-state index is 0.630. The van der Waals surface area contributed by atoms with Gasteiger partial charge in [0.15, 0.2) is 0 Å². The van der Waals surface area contributed by atoms with Gasteiger partial charge in [-0.25, -0.2) is 0 Å². The minimum atomic E-state index is 0.630. The molecule has 0 bridgehead atoms. The van der Waals surface area contributed by atoms with Crippen molar-refractivity contribution >= 4 is 0 Å². The van der Waals surface area contributed by atoms with Crippen molar-refractivity contribution in [2.24, 2.45) is 0 Å². The molecule has 1 aromatic rings. The second-order valence-corrected chi connectivity index (χ2v) is 5.73. The Balaban J connectivity index is 1.74. The van der Waals surface area contributed by atoms with E-state index in [1.807, 2.05) is 0 Å². The molecule has 1 unspecified atom stereocenters. The van der Waals surface area contributed by atoms with Crippen LogP contribution in [0.4, 0.5) is 0 Å². The van der Waals surface area contributed by atoms with Crippen molar-refractivity contribution in [2.75, 3.05) is 26.2 Å². The lowest BCUT2D eigenvalue weighted by molar-refractivity contribution is 0.220. The Bertz CT molecular complexity index is 394. The largest absolute Gasteiger partial charge is 0.492 e. The molecule has 0 aromatic heterocycles. The Kier molecular flexibility index (Phi) is 6.34. The Hall–Kier alpha value is -1.06. The molecule has 0 amide bonds. The Morgan fingerprint density at radius 3 is 3.05 bits per heavy atom. The smallest absolute Gasteiger partial charge is 0.123 e. The van der Waals surface area contributed by atoms with Crippen molar-refractivity contribution < 1.29 is 4.74 Å². The molecule has 0 spiro atoms. The van der Waals surface area contributed by atoms with Crippen LogP contribution in [-0.4, -0.2) is 37.2 Å². The molecule has 1 aromatic carbocycles. The van der Waals surface area contributed by atoms with Crippen LogP contribution in [0.25, 0.3) is 0 Å². The molecule has 1 atom stereocenters. The van der Waals surface area contributed by atoms with E-state index in [0.717, 1.165) is 38.5 Å². The fraction of sp³-hybridized carbons (Fsp3) is 0.647. The van der Waals surface area contributed by atoms with Gasteiger partial charge < -0.3 is 10.1 Å². The number of para-hydroxylation sites is 1. The van der Waals surface area contributed by atoms with Gasteiger partial charge in [-0.05, 0) is 45.3 Å². The zero-order valence-electron chi connectivity index (χ0n) is 12.9. The summed E-state index contributed by atoms with van der Waals surface area (Å²) in [4.78, 5) is 2.51. The van der Waals surface area contributed by atoms with Crippen LogP contribution in [0.2, 0.25) is 0 Å². The summed E-state index contributed by atoms with van der Waals surface area (Å²) < 4.78 is 5.81. The molecule has 112 valence electrons. The van der Waals surface area contributed by atoms with E-state index in [2.05, 4.69) is 48.3 Å². The third kappa shape index (κ3) is 4.80. The number of nitrogens with one attached hydrogen (secondary N) is 1. The zero-order chi connectivity index (χ0) is 14.2. The van der Waals surface area contributed by atoms with E-state index in [-0.39, 0.29) is 0 Å². The molecule has 1 heterocycles. The molecule has 3 heteroatoms. The number of nitrogens with zero attached hydrogens (tertiary/aromatic N) is 1. The predicted octanol–water partition coefficient (Wildman–Crippen LogP) is 3.05. The SMILES string of the molecule is CCCNC(C)CCCN1CCOc2ccccc2C1. The highest BCUT2D eigenvalue weighted by Gasteiger charge is 2.14. The maximum atomic E-state index is 5.81. The van der Waals surface area contributed by atoms with Gasteiger partial charge in [-0.15, -0.1) is 0 Å². The third-order valence-electron chi connectivity index (χ3n) is 3.89. The van der Waals surface area contributed by atoms with Crippen molar-refractivity contribution in [1.82, 2.24) is 10.2 Å². The van der Waals surface area contributed by atoms with E-state index >= 15 is 0 Å². The van der Waals surface area contributed by atoms with Gasteiger partial charge in [-0.2, -0.15) is 0 Å². The zero-order valence-corrected chi connectivity index (χ0v) is 12.9. The highest BCUT2D eigenvalue weighted by atomic mass is 16.5. The van der Waals surface area contributed by atoms with Crippen LogP contribution in [0.15, 0.2) is 24.3 Å². The molecule has 1 aliphatic heterocycles. The monoisotopic (exact) mass is 276 g/mol. The van der Waals surface area contributed by atoms with E-state index < -0.39 is 0 Å². The molecule has 2 rings (SSSR count). The maximum absolute atomic E-state index is 5.81. The Labute approximate surface area is 123 Å². The third-order valence-corrected chi connectivity index (χ3v) is 3.89. The van der Waals surface area contributed by atoms with Gasteiger partial charge in [-0.3, -0.25) is 4.90 Å². The summed E-state index contributed by atoms with van der Waals surface area (Å²) in [5.41, 5.74) is 1.32. The molecule has 0 saturated carbocycles. The molecule has 1 aliphatic rings. The lowest BCUT2D eigenvalue weighted by atomic mass is 10.1. The summed E-state index contributed by atoms with van der Waals surface area (Å²) in [6.45, 7) is 9.66. The van der Waals surface area contributed by atoms with Crippen molar-refractivity contribution in [3.63, 3.8) is 0 Å². The summed E-state index contributed by atoms with van der Waals surface area (Å²) in [5, 5.41) is 3.55. The topological polar surface area (TPSA) is 24.5 Å². The number of hydrogen-bond donors (Lipinski definition) is 1. The Morgan fingerprint density at radius 2 is 2.20 bits per heavy atom. The molecule has 20 heavy (non-hydrogen) atoms. The molecule has 3 nitrogen and oxygen atoms in total. The van der Waals surface area contributed by atoms with Crippen molar-refractivity contribution in [3.05, 3.63) is 29.8 Å². The first kappa shape index (κ1) is 15.3. The maximum Gasteiger partial charge on any atom is 0.123 e. The number of rotatable bonds is 7. The molecule has 0 saturated heterocycles. The number of ether oxygens (including phenoxy) is 1. The Morgan fingerprint density at radius 1 is 1.35 bits per heavy atom. The molecule has 1 N–H and O–H groups in total.